The van der Waals surface area contributed by atoms with Gasteiger partial charge in [0.1, 0.15) is 5.82 Å². The van der Waals surface area contributed by atoms with Crippen molar-refractivity contribution in [2.24, 2.45) is 0 Å². The molecule has 3 nitrogen and oxygen atoms in total. The summed E-state index contributed by atoms with van der Waals surface area (Å²) in [5.74, 6) is 1.67. The quantitative estimate of drug-likeness (QED) is 0.829. The van der Waals surface area contributed by atoms with Gasteiger partial charge in [-0.1, -0.05) is 30.9 Å². The fourth-order valence-electron chi connectivity index (χ4n) is 3.08. The number of halogens is 1. The third kappa shape index (κ3) is 2.55. The summed E-state index contributed by atoms with van der Waals surface area (Å²) in [5.41, 5.74) is 8.84. The number of anilines is 1. The standard InChI is InChI=1S/C16H20ClN3/c1-11-10-20(15-9-13(17)7-8-14(15)18)16(19-11)12-5-3-2-4-6-12/h7-10,12H,2-6,18H2,1H3. The Labute approximate surface area is 124 Å². The fourth-order valence-corrected chi connectivity index (χ4v) is 3.25. The van der Waals surface area contributed by atoms with Crippen LogP contribution in [0.15, 0.2) is 24.4 Å². The summed E-state index contributed by atoms with van der Waals surface area (Å²) >= 11 is 6.12. The van der Waals surface area contributed by atoms with Crippen LogP contribution in [0.1, 0.15) is 49.5 Å². The lowest BCUT2D eigenvalue weighted by Gasteiger charge is -2.22. The van der Waals surface area contributed by atoms with Crippen molar-refractivity contribution in [1.29, 1.82) is 0 Å². The Morgan fingerprint density at radius 3 is 2.75 bits per heavy atom. The van der Waals surface area contributed by atoms with Gasteiger partial charge in [0.25, 0.3) is 0 Å². The van der Waals surface area contributed by atoms with Crippen molar-refractivity contribution >= 4 is 17.3 Å². The molecule has 0 unspecified atom stereocenters. The predicted molar refractivity (Wildman–Crippen MR) is 83.5 cm³/mol. The van der Waals surface area contributed by atoms with E-state index in [2.05, 4.69) is 10.8 Å². The third-order valence-electron chi connectivity index (χ3n) is 4.08. The fraction of sp³-hybridized carbons (Fsp3) is 0.438. The lowest BCUT2D eigenvalue weighted by molar-refractivity contribution is 0.425. The van der Waals surface area contributed by atoms with Crippen LogP contribution in [0.4, 0.5) is 5.69 Å². The summed E-state index contributed by atoms with van der Waals surface area (Å²) in [6.45, 7) is 2.03. The van der Waals surface area contributed by atoms with E-state index in [4.69, 9.17) is 22.3 Å². The molecule has 0 bridgehead atoms. The van der Waals surface area contributed by atoms with Gasteiger partial charge in [-0.25, -0.2) is 4.98 Å². The maximum Gasteiger partial charge on any atom is 0.116 e. The smallest absolute Gasteiger partial charge is 0.116 e. The molecule has 20 heavy (non-hydrogen) atoms. The van der Waals surface area contributed by atoms with Gasteiger partial charge in [0, 0.05) is 17.1 Å². The maximum atomic E-state index is 6.12. The molecule has 1 aromatic carbocycles. The van der Waals surface area contributed by atoms with Crippen LogP contribution in [0, 0.1) is 6.92 Å². The van der Waals surface area contributed by atoms with Crippen LogP contribution >= 0.6 is 11.6 Å². The van der Waals surface area contributed by atoms with Crippen LogP contribution in [-0.4, -0.2) is 9.55 Å². The van der Waals surface area contributed by atoms with Crippen molar-refractivity contribution in [2.75, 3.05) is 5.73 Å². The molecule has 0 spiro atoms. The second kappa shape index (κ2) is 5.49. The first kappa shape index (κ1) is 13.5. The zero-order valence-corrected chi connectivity index (χ0v) is 12.5. The molecule has 0 atom stereocenters. The summed E-state index contributed by atoms with van der Waals surface area (Å²) < 4.78 is 2.13. The SMILES string of the molecule is Cc1cn(-c2cc(Cl)ccc2N)c(C2CCCCC2)n1. The molecular weight excluding hydrogens is 270 g/mol. The first-order chi connectivity index (χ1) is 9.65. The average Bonchev–Trinajstić information content (AvgIpc) is 2.84. The lowest BCUT2D eigenvalue weighted by atomic mass is 9.88. The Hall–Kier alpha value is -1.48. The Morgan fingerprint density at radius 1 is 1.25 bits per heavy atom. The molecule has 3 rings (SSSR count). The van der Waals surface area contributed by atoms with E-state index in [1.807, 2.05) is 25.1 Å². The minimum Gasteiger partial charge on any atom is -0.397 e. The van der Waals surface area contributed by atoms with Gasteiger partial charge in [-0.15, -0.1) is 0 Å². The van der Waals surface area contributed by atoms with Crippen LogP contribution < -0.4 is 5.73 Å². The predicted octanol–water partition coefficient (Wildman–Crippen LogP) is 4.46. The van der Waals surface area contributed by atoms with Gasteiger partial charge in [-0.05, 0) is 38.0 Å². The van der Waals surface area contributed by atoms with Crippen LogP contribution in [0.5, 0.6) is 0 Å². The number of nitrogens with zero attached hydrogens (tertiary/aromatic N) is 2. The number of hydrogen-bond donors (Lipinski definition) is 1. The highest BCUT2D eigenvalue weighted by atomic mass is 35.5. The van der Waals surface area contributed by atoms with Gasteiger partial charge in [0.2, 0.25) is 0 Å². The summed E-state index contributed by atoms with van der Waals surface area (Å²) in [5, 5.41) is 0.704. The molecule has 1 heterocycles. The van der Waals surface area contributed by atoms with Gasteiger partial charge < -0.3 is 10.3 Å². The van der Waals surface area contributed by atoms with Gasteiger partial charge in [-0.2, -0.15) is 0 Å². The summed E-state index contributed by atoms with van der Waals surface area (Å²) in [6, 6.07) is 5.60. The molecule has 1 aromatic heterocycles. The van der Waals surface area contributed by atoms with Crippen molar-refractivity contribution in [1.82, 2.24) is 9.55 Å². The number of nitrogen functional groups attached to an aromatic ring is 1. The molecule has 1 aliphatic rings. The average molecular weight is 290 g/mol. The molecule has 1 aliphatic carbocycles. The van der Waals surface area contributed by atoms with Crippen molar-refractivity contribution < 1.29 is 0 Å². The number of aromatic nitrogens is 2. The van der Waals surface area contributed by atoms with E-state index in [0.717, 1.165) is 22.9 Å². The maximum absolute atomic E-state index is 6.12. The van der Waals surface area contributed by atoms with E-state index < -0.39 is 0 Å². The Bertz CT molecular complexity index is 612. The molecule has 2 N–H and O–H groups in total. The number of hydrogen-bond acceptors (Lipinski definition) is 2. The molecular formula is C16H20ClN3. The summed E-state index contributed by atoms with van der Waals surface area (Å²) in [4.78, 5) is 4.75. The van der Waals surface area contributed by atoms with Crippen molar-refractivity contribution in [3.63, 3.8) is 0 Å². The van der Waals surface area contributed by atoms with Gasteiger partial charge in [0.05, 0.1) is 17.1 Å². The first-order valence-corrected chi connectivity index (χ1v) is 7.64. The number of aryl methyl sites for hydroxylation is 1. The van der Waals surface area contributed by atoms with E-state index in [0.29, 0.717) is 10.9 Å². The molecule has 2 aromatic rings. The van der Waals surface area contributed by atoms with Gasteiger partial charge in [-0.3, -0.25) is 0 Å². The van der Waals surface area contributed by atoms with Crippen LogP contribution in [0.25, 0.3) is 5.69 Å². The monoisotopic (exact) mass is 289 g/mol. The van der Waals surface area contributed by atoms with Crippen molar-refractivity contribution in [2.45, 2.75) is 44.9 Å². The largest absolute Gasteiger partial charge is 0.397 e. The second-order valence-electron chi connectivity index (χ2n) is 5.65. The highest BCUT2D eigenvalue weighted by Gasteiger charge is 2.22. The molecule has 106 valence electrons. The van der Waals surface area contributed by atoms with Crippen LogP contribution in [0.3, 0.4) is 0 Å². The lowest BCUT2D eigenvalue weighted by Crippen LogP contribution is -2.12. The van der Waals surface area contributed by atoms with Crippen molar-refractivity contribution in [3.8, 4) is 5.69 Å². The van der Waals surface area contributed by atoms with E-state index in [-0.39, 0.29) is 0 Å². The molecule has 0 aliphatic heterocycles. The minimum atomic E-state index is 0.538. The number of benzene rings is 1. The van der Waals surface area contributed by atoms with Crippen LogP contribution in [-0.2, 0) is 0 Å². The Kier molecular flexibility index (Phi) is 3.70. The van der Waals surface area contributed by atoms with Gasteiger partial charge in [0.15, 0.2) is 0 Å². The van der Waals surface area contributed by atoms with Crippen LogP contribution in [0.2, 0.25) is 5.02 Å². The molecule has 4 heteroatoms. The Morgan fingerprint density at radius 2 is 2.00 bits per heavy atom. The first-order valence-electron chi connectivity index (χ1n) is 7.26. The molecule has 0 radical (unpaired) electrons. The Balaban J connectivity index is 2.06. The van der Waals surface area contributed by atoms with Gasteiger partial charge >= 0.3 is 0 Å². The minimum absolute atomic E-state index is 0.538. The zero-order chi connectivity index (χ0) is 14.1. The molecule has 0 amide bonds. The molecule has 1 saturated carbocycles. The number of rotatable bonds is 2. The van der Waals surface area contributed by atoms with E-state index >= 15 is 0 Å². The van der Waals surface area contributed by atoms with E-state index in [1.54, 1.807) is 0 Å². The normalized spacial score (nSPS) is 16.5. The third-order valence-corrected chi connectivity index (χ3v) is 4.31. The second-order valence-corrected chi connectivity index (χ2v) is 6.08. The van der Waals surface area contributed by atoms with Crippen molar-refractivity contribution in [3.05, 3.63) is 40.9 Å². The van der Waals surface area contributed by atoms with E-state index in [1.165, 1.54) is 32.1 Å². The highest BCUT2D eigenvalue weighted by molar-refractivity contribution is 6.30. The van der Waals surface area contributed by atoms with E-state index in [9.17, 15) is 0 Å². The molecule has 0 saturated heterocycles. The molecule has 1 fully saturated rings. The number of nitrogens with two attached hydrogens (primary N) is 1. The number of imidazole rings is 1. The summed E-state index contributed by atoms with van der Waals surface area (Å²) in [6.07, 6.45) is 8.43. The topological polar surface area (TPSA) is 43.8 Å². The summed E-state index contributed by atoms with van der Waals surface area (Å²) in [7, 11) is 0. The zero-order valence-electron chi connectivity index (χ0n) is 11.8. The highest BCUT2D eigenvalue weighted by Crippen LogP contribution is 2.34.